The van der Waals surface area contributed by atoms with Crippen LogP contribution in [0.3, 0.4) is 0 Å². The van der Waals surface area contributed by atoms with Crippen molar-refractivity contribution in [2.45, 2.75) is 88.5 Å². The van der Waals surface area contributed by atoms with Gasteiger partial charge in [-0.1, -0.05) is 180 Å². The Kier molecular flexibility index (Phi) is 33.4. The summed E-state index contributed by atoms with van der Waals surface area (Å²) in [5, 5.41) is 19.4. The van der Waals surface area contributed by atoms with Crippen molar-refractivity contribution in [3.63, 3.8) is 0 Å². The van der Waals surface area contributed by atoms with Crippen molar-refractivity contribution < 1.29 is 52.3 Å². The molecule has 0 radical (unpaired) electrons. The molecule has 8 aromatic carbocycles. The molecule has 632 valence electrons. The molecule has 0 amide bonds. The highest BCUT2D eigenvalue weighted by Crippen LogP contribution is 2.43. The number of benzene rings is 8. The number of furan rings is 2. The smallest absolute Gasteiger partial charge is 0.204 e. The summed E-state index contributed by atoms with van der Waals surface area (Å²) in [5.74, 6) is 2.48. The topological polar surface area (TPSA) is 222 Å². The number of carbonyl (C=O) groups excluding carboxylic acids is 8. The molecular formula is C100H80BrCl4N3O11S6. The summed E-state index contributed by atoms with van der Waals surface area (Å²) in [6.45, 7) is 20.4. The van der Waals surface area contributed by atoms with E-state index < -0.39 is 0 Å². The maximum absolute atomic E-state index is 12.0. The van der Waals surface area contributed by atoms with Crippen molar-refractivity contribution in [2.75, 3.05) is 0 Å². The molecular weight excluding hydrogens is 1830 g/mol. The second-order valence-corrected chi connectivity index (χ2v) is 37.4. The van der Waals surface area contributed by atoms with Gasteiger partial charge in [-0.15, -0.1) is 68.0 Å². The molecule has 8 aromatic heterocycles. The summed E-state index contributed by atoms with van der Waals surface area (Å²) in [6, 6.07) is 71.0. The van der Waals surface area contributed by atoms with Crippen LogP contribution in [0.1, 0.15) is 179 Å². The Morgan fingerprint density at radius 2 is 1.03 bits per heavy atom. The lowest BCUT2D eigenvalue weighted by Gasteiger charge is -2.15. The van der Waals surface area contributed by atoms with Crippen molar-refractivity contribution in [1.82, 2.24) is 15.0 Å². The maximum atomic E-state index is 12.0. The summed E-state index contributed by atoms with van der Waals surface area (Å²) in [5.41, 5.74) is 18.6. The molecule has 1 N–H and O–H groups in total. The van der Waals surface area contributed by atoms with Gasteiger partial charge in [-0.3, -0.25) is 38.4 Å². The quantitative estimate of drug-likeness (QED) is 0.0745. The van der Waals surface area contributed by atoms with Gasteiger partial charge in [-0.05, 0) is 211 Å². The number of hydrogen-bond donors (Lipinski definition) is 1. The molecule has 16 aromatic rings. The zero-order valence-electron chi connectivity index (χ0n) is 69.2. The average Bonchev–Trinajstić information content (AvgIpc) is 1.61. The Morgan fingerprint density at radius 3 is 1.59 bits per heavy atom. The number of aromatic nitrogens is 3. The Balaban J connectivity index is 0.000000139. The molecule has 8 heterocycles. The van der Waals surface area contributed by atoms with E-state index in [4.69, 9.17) is 55.2 Å². The molecule has 18 rings (SSSR count). The van der Waals surface area contributed by atoms with E-state index >= 15 is 0 Å². The van der Waals surface area contributed by atoms with E-state index in [1.54, 1.807) is 108 Å². The minimum absolute atomic E-state index is 0.0143. The lowest BCUT2D eigenvalue weighted by molar-refractivity contribution is 0.0980. The highest BCUT2D eigenvalue weighted by Gasteiger charge is 2.29. The third-order valence-electron chi connectivity index (χ3n) is 19.1. The Bertz CT molecular complexity index is 6520. The molecule has 2 aliphatic carbocycles. The normalized spacial score (nSPS) is 11.0. The van der Waals surface area contributed by atoms with Crippen LogP contribution in [0.2, 0.25) is 20.1 Å². The minimum atomic E-state index is -0.0739. The summed E-state index contributed by atoms with van der Waals surface area (Å²) in [6.07, 6.45) is 4.75. The largest absolute Gasteiger partial charge is 0.508 e. The van der Waals surface area contributed by atoms with Gasteiger partial charge in [-0.25, -0.2) is 15.0 Å². The van der Waals surface area contributed by atoms with Gasteiger partial charge in [-0.2, -0.15) is 0 Å². The molecule has 0 unspecified atom stereocenters. The molecule has 0 aliphatic heterocycles. The third-order valence-corrected chi connectivity index (χ3v) is 27.1. The van der Waals surface area contributed by atoms with E-state index in [0.29, 0.717) is 64.9 Å². The Labute approximate surface area is 776 Å². The Hall–Kier alpha value is -11.2. The van der Waals surface area contributed by atoms with E-state index in [0.717, 1.165) is 98.0 Å². The average molecular weight is 1910 g/mol. The number of aliphatic hydroxyl groups is 1. The fourth-order valence-corrected chi connectivity index (χ4v) is 19.6. The van der Waals surface area contributed by atoms with Crippen molar-refractivity contribution >= 4 is 182 Å². The number of nitrogens with zero attached hydrogens (tertiary/aromatic N) is 3. The SMILES string of the molecule is C=C(O)c1ccc(Cc2ccc(Br)s2)cc1.CC(=O)c1cc2c(s1)-c1ccccc1CC2.CC(=O)c1ccc(-c2ccc(C)cc2)o1.CC(=O)c1ccc(-c2ccc(Cl)cc2)o1.CC(=O)c1ccc2c(c1)-c1ccsc1C2=O.CC(=O)c1cnc(-c2c(C)cccc2C)s1.CC(=O)c1csc(-c2cccc(Cl)c2)n1.CC(=O)c1csc(-c2cccc(Cl)c2Cl)n1. The molecule has 2 aliphatic rings. The monoisotopic (exact) mass is 1910 g/mol. The number of aryl methyl sites for hydroxylation is 5. The second kappa shape index (κ2) is 44.1. The zero-order valence-corrected chi connectivity index (χ0v) is 78.7. The van der Waals surface area contributed by atoms with Crippen molar-refractivity contribution in [3.05, 3.63) is 370 Å². The predicted octanol–water partition coefficient (Wildman–Crippen LogP) is 30.4. The molecule has 0 spiro atoms. The lowest BCUT2D eigenvalue weighted by Crippen LogP contribution is -2.00. The van der Waals surface area contributed by atoms with Gasteiger partial charge in [0.25, 0.3) is 0 Å². The second-order valence-electron chi connectivity index (χ2n) is 28.5. The van der Waals surface area contributed by atoms with E-state index in [-0.39, 0.29) is 52.0 Å². The number of halogens is 5. The lowest BCUT2D eigenvalue weighted by atomic mass is 9.91. The van der Waals surface area contributed by atoms with Crippen molar-refractivity contribution in [3.8, 4) is 75.9 Å². The first-order valence-electron chi connectivity index (χ1n) is 38.7. The first kappa shape index (κ1) is 94.5. The molecule has 0 saturated heterocycles. The highest BCUT2D eigenvalue weighted by molar-refractivity contribution is 9.11. The summed E-state index contributed by atoms with van der Waals surface area (Å²) < 4.78 is 12.0. The van der Waals surface area contributed by atoms with Crippen LogP contribution in [0.4, 0.5) is 0 Å². The summed E-state index contributed by atoms with van der Waals surface area (Å²) in [7, 11) is 0. The standard InChI is InChI=1S/C14H12OS.C13H11BrOS.C13H13NOS.C13H8O2S.C13H12O2.C12H9ClO2.C11H7Cl2NOS.C11H8ClNOS/c1-9(15)13-8-11-7-6-10-4-2-3-5-12(10)14(11)16-13;1-9(15)11-4-2-10(3-5-11)8-12-6-7-13(14)16-12;1-8-5-4-6-9(2)12(8)13-14-7-11(16-13)10(3)15;1-7(14)8-2-3-9-11(6-8)10-4-5-16-13(10)12(9)15;1-9-3-5-11(6-4-9)13-8-7-12(15-13)10(2)14;1-8(14)11-6-7-12(15-11)9-2-4-10(13)5-3-9;1-6(15)9-5-16-11(14-9)7-3-2-4-8(12)10(7)13;1-7(14)10-6-15-11(13-10)8-3-2-4-9(12)5-8/h2-5,8H,6-7H2,1H3;2-7,15H,1,8H2;4-7H,1-3H3;2-6H,1H3;3-8H,1-2H3;2-7H,1H3;2-5H,1H3;2-6H,1H3. The number of hydrogen-bond acceptors (Lipinski definition) is 20. The molecule has 0 fully saturated rings. The predicted molar refractivity (Wildman–Crippen MR) is 519 cm³/mol. The van der Waals surface area contributed by atoms with Crippen molar-refractivity contribution in [2.24, 2.45) is 0 Å². The highest BCUT2D eigenvalue weighted by atomic mass is 79.9. The van der Waals surface area contributed by atoms with Gasteiger partial charge in [0.1, 0.15) is 43.7 Å². The van der Waals surface area contributed by atoms with Gasteiger partial charge in [0.15, 0.2) is 52.0 Å². The van der Waals surface area contributed by atoms with Gasteiger partial charge >= 0.3 is 0 Å². The van der Waals surface area contributed by atoms with E-state index in [1.165, 1.54) is 129 Å². The third kappa shape index (κ3) is 25.4. The fourth-order valence-electron chi connectivity index (χ4n) is 12.5. The molecule has 14 nitrogen and oxygen atoms in total. The maximum Gasteiger partial charge on any atom is 0.204 e. The van der Waals surface area contributed by atoms with E-state index in [9.17, 15) is 43.5 Å². The van der Waals surface area contributed by atoms with Crippen LogP contribution < -0.4 is 0 Å². The molecule has 125 heavy (non-hydrogen) atoms. The minimum Gasteiger partial charge on any atom is -0.508 e. The van der Waals surface area contributed by atoms with Crippen LogP contribution in [0.5, 0.6) is 0 Å². The van der Waals surface area contributed by atoms with Gasteiger partial charge in [0.2, 0.25) is 5.78 Å². The molecule has 0 atom stereocenters. The van der Waals surface area contributed by atoms with E-state index in [2.05, 4.69) is 106 Å². The van der Waals surface area contributed by atoms with Gasteiger partial charge < -0.3 is 13.9 Å². The summed E-state index contributed by atoms with van der Waals surface area (Å²) in [4.78, 5) is 108. The molecule has 0 bridgehead atoms. The van der Waals surface area contributed by atoms with Crippen LogP contribution in [0.15, 0.2) is 266 Å². The number of fused-ring (bicyclic) bond motifs is 6. The fraction of sp³-hybridized carbons (Fsp3) is 0.130. The van der Waals surface area contributed by atoms with Crippen molar-refractivity contribution in [1.29, 1.82) is 0 Å². The van der Waals surface area contributed by atoms with Crippen LogP contribution in [-0.4, -0.2) is 66.3 Å². The summed E-state index contributed by atoms with van der Waals surface area (Å²) >= 11 is 36.2. The number of rotatable bonds is 15. The first-order valence-corrected chi connectivity index (χ1v) is 46.1. The van der Waals surface area contributed by atoms with Crippen LogP contribution in [0, 0.1) is 20.8 Å². The number of ketones is 8. The Morgan fingerprint density at radius 1 is 0.456 bits per heavy atom. The number of aliphatic hydroxyl groups excluding tert-OH is 1. The van der Waals surface area contributed by atoms with Gasteiger partial charge in [0.05, 0.1) is 28.5 Å². The van der Waals surface area contributed by atoms with E-state index in [1.807, 2.05) is 128 Å². The number of thiazole rings is 3. The van der Waals surface area contributed by atoms with Crippen LogP contribution >= 0.6 is 130 Å². The van der Waals surface area contributed by atoms with Gasteiger partial charge in [0, 0.05) is 128 Å². The first-order chi connectivity index (χ1) is 59.8. The van der Waals surface area contributed by atoms with Crippen LogP contribution in [0.25, 0.3) is 81.7 Å². The number of thiophene rings is 3. The van der Waals surface area contributed by atoms with Crippen LogP contribution in [-0.2, 0) is 19.3 Å². The molecule has 0 saturated carbocycles. The molecule has 25 heteroatoms. The number of carbonyl (C=O) groups is 8. The number of Topliss-reactive ketones (excluding diaryl/α,β-unsaturated/α-hetero) is 7. The zero-order chi connectivity index (χ0) is 89.9.